The van der Waals surface area contributed by atoms with E-state index >= 15 is 0 Å². The van der Waals surface area contributed by atoms with E-state index in [4.69, 9.17) is 0 Å². The summed E-state index contributed by atoms with van der Waals surface area (Å²) in [6.45, 7) is 1.91. The second-order valence-corrected chi connectivity index (χ2v) is 6.41. The standard InChI is InChI=1S/C17H20N6O2/c24-16(12-4-3-7-18-10-12)19-11-15-21-20-14-6-5-13(23(14)15)17(25)22-8-1-2-9-22/h3-4,7,10,13H,1-2,5-6,8-9,11H2,(H,19,24). The molecule has 2 aromatic heterocycles. The van der Waals surface area contributed by atoms with Gasteiger partial charge in [-0.15, -0.1) is 10.2 Å². The summed E-state index contributed by atoms with van der Waals surface area (Å²) in [5.74, 6) is 1.38. The van der Waals surface area contributed by atoms with Gasteiger partial charge in [-0.3, -0.25) is 14.6 Å². The number of likely N-dealkylation sites (tertiary alicyclic amines) is 1. The average Bonchev–Trinajstić information content (AvgIpc) is 3.37. The number of carbonyl (C=O) groups is 2. The van der Waals surface area contributed by atoms with Crippen LogP contribution in [0.5, 0.6) is 0 Å². The summed E-state index contributed by atoms with van der Waals surface area (Å²) in [5.41, 5.74) is 0.494. The minimum Gasteiger partial charge on any atom is -0.345 e. The van der Waals surface area contributed by atoms with Gasteiger partial charge in [0.1, 0.15) is 11.9 Å². The van der Waals surface area contributed by atoms with Crippen molar-refractivity contribution in [1.29, 1.82) is 0 Å². The van der Waals surface area contributed by atoms with E-state index in [2.05, 4.69) is 20.5 Å². The Morgan fingerprint density at radius 3 is 2.84 bits per heavy atom. The lowest BCUT2D eigenvalue weighted by Crippen LogP contribution is -2.35. The molecule has 0 aliphatic carbocycles. The predicted octanol–water partition coefficient (Wildman–Crippen LogP) is 0.713. The first-order valence-electron chi connectivity index (χ1n) is 8.63. The fourth-order valence-electron chi connectivity index (χ4n) is 3.55. The first-order valence-corrected chi connectivity index (χ1v) is 8.63. The van der Waals surface area contributed by atoms with Crippen LogP contribution in [-0.2, 0) is 17.8 Å². The molecule has 1 fully saturated rings. The molecule has 4 heterocycles. The molecule has 2 aliphatic heterocycles. The van der Waals surface area contributed by atoms with Crippen LogP contribution in [0.4, 0.5) is 0 Å². The largest absolute Gasteiger partial charge is 0.345 e. The van der Waals surface area contributed by atoms with Crippen LogP contribution in [0.15, 0.2) is 24.5 Å². The van der Waals surface area contributed by atoms with E-state index in [0.717, 1.165) is 44.6 Å². The van der Waals surface area contributed by atoms with E-state index in [9.17, 15) is 9.59 Å². The zero-order valence-corrected chi connectivity index (χ0v) is 13.9. The van der Waals surface area contributed by atoms with Crippen molar-refractivity contribution in [3.8, 4) is 0 Å². The van der Waals surface area contributed by atoms with Gasteiger partial charge in [0.15, 0.2) is 5.82 Å². The minimum absolute atomic E-state index is 0.149. The molecule has 2 amide bonds. The van der Waals surface area contributed by atoms with Crippen LogP contribution >= 0.6 is 0 Å². The number of aromatic nitrogens is 4. The highest BCUT2D eigenvalue weighted by atomic mass is 16.2. The summed E-state index contributed by atoms with van der Waals surface area (Å²) in [4.78, 5) is 30.8. The summed E-state index contributed by atoms with van der Waals surface area (Å²) in [5, 5.41) is 11.2. The summed E-state index contributed by atoms with van der Waals surface area (Å²) in [6, 6.07) is 3.18. The Hall–Kier alpha value is -2.77. The third kappa shape index (κ3) is 2.99. The molecule has 2 aliphatic rings. The lowest BCUT2D eigenvalue weighted by Gasteiger charge is -2.22. The Labute approximate surface area is 145 Å². The summed E-state index contributed by atoms with van der Waals surface area (Å²) in [6.07, 6.45) is 6.78. The molecule has 2 aromatic rings. The molecule has 130 valence electrons. The van der Waals surface area contributed by atoms with E-state index in [1.54, 1.807) is 18.3 Å². The van der Waals surface area contributed by atoms with Crippen molar-refractivity contribution >= 4 is 11.8 Å². The van der Waals surface area contributed by atoms with Gasteiger partial charge >= 0.3 is 0 Å². The molecule has 1 unspecified atom stereocenters. The number of aryl methyl sites for hydroxylation is 1. The van der Waals surface area contributed by atoms with E-state index in [-0.39, 0.29) is 24.4 Å². The van der Waals surface area contributed by atoms with Crippen LogP contribution in [0.3, 0.4) is 0 Å². The number of rotatable bonds is 4. The van der Waals surface area contributed by atoms with Crippen LogP contribution in [0.1, 0.15) is 47.3 Å². The molecular weight excluding hydrogens is 320 g/mol. The Kier molecular flexibility index (Phi) is 4.17. The Bertz CT molecular complexity index is 782. The minimum atomic E-state index is -0.242. The maximum atomic E-state index is 12.8. The third-order valence-electron chi connectivity index (χ3n) is 4.82. The molecule has 1 N–H and O–H groups in total. The van der Waals surface area contributed by atoms with Crippen molar-refractivity contribution in [3.05, 3.63) is 41.7 Å². The fourth-order valence-corrected chi connectivity index (χ4v) is 3.55. The van der Waals surface area contributed by atoms with Crippen LogP contribution in [-0.4, -0.2) is 49.6 Å². The Morgan fingerprint density at radius 2 is 2.08 bits per heavy atom. The van der Waals surface area contributed by atoms with Crippen molar-refractivity contribution in [2.24, 2.45) is 0 Å². The number of nitrogens with zero attached hydrogens (tertiary/aromatic N) is 5. The van der Waals surface area contributed by atoms with Crippen molar-refractivity contribution < 1.29 is 9.59 Å². The SMILES string of the molecule is O=C(NCc1nnc2n1C(C(=O)N1CCCC1)CC2)c1cccnc1. The van der Waals surface area contributed by atoms with Gasteiger partial charge in [-0.05, 0) is 31.4 Å². The number of hydrogen-bond acceptors (Lipinski definition) is 5. The van der Waals surface area contributed by atoms with Crippen molar-refractivity contribution in [3.63, 3.8) is 0 Å². The number of nitrogens with one attached hydrogen (secondary N) is 1. The highest BCUT2D eigenvalue weighted by Gasteiger charge is 2.35. The quantitative estimate of drug-likeness (QED) is 0.885. The topological polar surface area (TPSA) is 93.0 Å². The lowest BCUT2D eigenvalue weighted by molar-refractivity contribution is -0.133. The zero-order valence-electron chi connectivity index (χ0n) is 13.9. The molecule has 4 rings (SSSR count). The van der Waals surface area contributed by atoms with Crippen LogP contribution in [0, 0.1) is 0 Å². The van der Waals surface area contributed by atoms with Crippen LogP contribution in [0.2, 0.25) is 0 Å². The van der Waals surface area contributed by atoms with Gasteiger partial charge in [-0.25, -0.2) is 0 Å². The third-order valence-corrected chi connectivity index (χ3v) is 4.82. The molecule has 0 bridgehead atoms. The molecule has 0 spiro atoms. The smallest absolute Gasteiger partial charge is 0.253 e. The number of pyridine rings is 1. The van der Waals surface area contributed by atoms with Crippen LogP contribution in [0.25, 0.3) is 0 Å². The second-order valence-electron chi connectivity index (χ2n) is 6.41. The number of amides is 2. The van der Waals surface area contributed by atoms with Gasteiger partial charge < -0.3 is 14.8 Å². The Morgan fingerprint density at radius 1 is 1.24 bits per heavy atom. The highest BCUT2D eigenvalue weighted by molar-refractivity contribution is 5.93. The zero-order chi connectivity index (χ0) is 17.2. The molecule has 8 heteroatoms. The number of fused-ring (bicyclic) bond motifs is 1. The summed E-state index contributed by atoms with van der Waals surface area (Å²) < 4.78 is 1.91. The maximum absolute atomic E-state index is 12.8. The first-order chi connectivity index (χ1) is 12.2. The lowest BCUT2D eigenvalue weighted by atomic mass is 10.2. The first kappa shape index (κ1) is 15.7. The molecule has 0 radical (unpaired) electrons. The van der Waals surface area contributed by atoms with Crippen LogP contribution < -0.4 is 5.32 Å². The van der Waals surface area contributed by atoms with Gasteiger partial charge in [0.05, 0.1) is 12.1 Å². The average molecular weight is 340 g/mol. The van der Waals surface area contributed by atoms with E-state index < -0.39 is 0 Å². The Balaban J connectivity index is 1.47. The van der Waals surface area contributed by atoms with E-state index in [1.165, 1.54) is 6.20 Å². The molecule has 0 aromatic carbocycles. The predicted molar refractivity (Wildman–Crippen MR) is 88.6 cm³/mol. The molecule has 0 saturated carbocycles. The van der Waals surface area contributed by atoms with E-state index in [1.807, 2.05) is 9.47 Å². The maximum Gasteiger partial charge on any atom is 0.253 e. The number of carbonyl (C=O) groups excluding carboxylic acids is 2. The van der Waals surface area contributed by atoms with Crippen molar-refractivity contribution in [2.45, 2.75) is 38.3 Å². The molecular formula is C17H20N6O2. The van der Waals surface area contributed by atoms with Gasteiger partial charge in [0.2, 0.25) is 5.91 Å². The van der Waals surface area contributed by atoms with Gasteiger partial charge in [-0.1, -0.05) is 0 Å². The molecule has 25 heavy (non-hydrogen) atoms. The van der Waals surface area contributed by atoms with Gasteiger partial charge in [0, 0.05) is 31.9 Å². The van der Waals surface area contributed by atoms with Gasteiger partial charge in [-0.2, -0.15) is 0 Å². The monoisotopic (exact) mass is 340 g/mol. The highest BCUT2D eigenvalue weighted by Crippen LogP contribution is 2.29. The molecule has 8 nitrogen and oxygen atoms in total. The molecule has 1 saturated heterocycles. The van der Waals surface area contributed by atoms with Gasteiger partial charge in [0.25, 0.3) is 5.91 Å². The van der Waals surface area contributed by atoms with Crippen molar-refractivity contribution in [1.82, 2.24) is 30.0 Å². The molecule has 1 atom stereocenters. The fraction of sp³-hybridized carbons (Fsp3) is 0.471. The normalized spacial score (nSPS) is 19.0. The van der Waals surface area contributed by atoms with Crippen molar-refractivity contribution in [2.75, 3.05) is 13.1 Å². The summed E-state index contributed by atoms with van der Waals surface area (Å²) in [7, 11) is 0. The second kappa shape index (κ2) is 6.62. The van der Waals surface area contributed by atoms with E-state index in [0.29, 0.717) is 11.4 Å². The summed E-state index contributed by atoms with van der Waals surface area (Å²) >= 11 is 0. The number of hydrogen-bond donors (Lipinski definition) is 1.